The van der Waals surface area contributed by atoms with Gasteiger partial charge in [0.25, 0.3) is 0 Å². The SMILES string of the molecule is O=Cc1ccc(OC[C@@H]2CO[C@@](Cn3ccnc3)(c3ccc(Cl)cc3Cl)O2)c2ccccc12. The van der Waals surface area contributed by atoms with Gasteiger partial charge in [0.05, 0.1) is 24.5 Å². The zero-order valence-corrected chi connectivity index (χ0v) is 19.0. The summed E-state index contributed by atoms with van der Waals surface area (Å²) < 4.78 is 20.6. The number of nitrogens with zero attached hydrogens (tertiary/aromatic N) is 2. The summed E-state index contributed by atoms with van der Waals surface area (Å²) in [5.74, 6) is -0.434. The Kier molecular flexibility index (Phi) is 6.08. The van der Waals surface area contributed by atoms with Crippen molar-refractivity contribution in [3.63, 3.8) is 0 Å². The highest BCUT2D eigenvalue weighted by Crippen LogP contribution is 2.40. The molecule has 0 radical (unpaired) electrons. The van der Waals surface area contributed by atoms with Crippen LogP contribution in [0.25, 0.3) is 10.8 Å². The average molecular weight is 483 g/mol. The lowest BCUT2D eigenvalue weighted by Crippen LogP contribution is -2.34. The topological polar surface area (TPSA) is 62.6 Å². The first kappa shape index (κ1) is 21.9. The molecule has 0 bridgehead atoms. The van der Waals surface area contributed by atoms with E-state index in [1.54, 1.807) is 36.8 Å². The molecule has 0 saturated carbocycles. The van der Waals surface area contributed by atoms with Crippen molar-refractivity contribution in [3.05, 3.63) is 94.5 Å². The van der Waals surface area contributed by atoms with E-state index < -0.39 is 5.79 Å². The molecule has 0 N–H and O–H groups in total. The number of fused-ring (bicyclic) bond motifs is 1. The number of benzene rings is 3. The lowest BCUT2D eigenvalue weighted by molar-refractivity contribution is -0.189. The Bertz CT molecular complexity index is 1300. The van der Waals surface area contributed by atoms with Crippen molar-refractivity contribution in [2.75, 3.05) is 13.2 Å². The maximum atomic E-state index is 11.4. The minimum Gasteiger partial charge on any atom is -0.490 e. The summed E-state index contributed by atoms with van der Waals surface area (Å²) in [5.41, 5.74) is 1.31. The van der Waals surface area contributed by atoms with Gasteiger partial charge in [0, 0.05) is 33.9 Å². The molecule has 6 nitrogen and oxygen atoms in total. The number of aromatic nitrogens is 2. The number of carbonyl (C=O) groups is 1. The third-order valence-electron chi connectivity index (χ3n) is 5.62. The molecule has 3 aromatic carbocycles. The van der Waals surface area contributed by atoms with Crippen LogP contribution in [0.5, 0.6) is 5.75 Å². The number of aldehydes is 1. The largest absolute Gasteiger partial charge is 0.490 e. The molecule has 33 heavy (non-hydrogen) atoms. The van der Waals surface area contributed by atoms with Crippen LogP contribution < -0.4 is 4.74 Å². The second-order valence-corrected chi connectivity index (χ2v) is 8.63. The van der Waals surface area contributed by atoms with Crippen LogP contribution in [-0.4, -0.2) is 35.2 Å². The number of hydrogen-bond acceptors (Lipinski definition) is 5. The monoisotopic (exact) mass is 482 g/mol. The molecule has 168 valence electrons. The smallest absolute Gasteiger partial charge is 0.215 e. The third kappa shape index (κ3) is 4.35. The van der Waals surface area contributed by atoms with Crippen LogP contribution in [0.4, 0.5) is 0 Å². The summed E-state index contributed by atoms with van der Waals surface area (Å²) in [5, 5.41) is 2.70. The van der Waals surface area contributed by atoms with Crippen molar-refractivity contribution in [1.29, 1.82) is 0 Å². The average Bonchev–Trinajstić information content (AvgIpc) is 3.48. The maximum absolute atomic E-state index is 11.4. The molecule has 0 unspecified atom stereocenters. The lowest BCUT2D eigenvalue weighted by atomic mass is 10.0. The van der Waals surface area contributed by atoms with Crippen LogP contribution in [0.1, 0.15) is 15.9 Å². The predicted molar refractivity (Wildman–Crippen MR) is 126 cm³/mol. The van der Waals surface area contributed by atoms with Crippen molar-refractivity contribution >= 4 is 40.3 Å². The van der Waals surface area contributed by atoms with Crippen LogP contribution >= 0.6 is 23.2 Å². The first-order valence-corrected chi connectivity index (χ1v) is 11.2. The van der Waals surface area contributed by atoms with Gasteiger partial charge in [-0.05, 0) is 29.7 Å². The van der Waals surface area contributed by atoms with E-state index in [0.29, 0.717) is 40.1 Å². The van der Waals surface area contributed by atoms with E-state index in [1.165, 1.54) is 0 Å². The van der Waals surface area contributed by atoms with Crippen LogP contribution in [-0.2, 0) is 21.8 Å². The van der Waals surface area contributed by atoms with Gasteiger partial charge in [-0.2, -0.15) is 0 Å². The van der Waals surface area contributed by atoms with E-state index in [4.69, 9.17) is 37.4 Å². The summed E-state index contributed by atoms with van der Waals surface area (Å²) >= 11 is 12.6. The molecule has 0 aliphatic carbocycles. The van der Waals surface area contributed by atoms with E-state index in [0.717, 1.165) is 17.1 Å². The summed E-state index contributed by atoms with van der Waals surface area (Å²) in [7, 11) is 0. The fraction of sp³-hybridized carbons (Fsp3) is 0.200. The Balaban J connectivity index is 1.39. The van der Waals surface area contributed by atoms with Gasteiger partial charge in [0.1, 0.15) is 18.5 Å². The van der Waals surface area contributed by atoms with Crippen molar-refractivity contribution in [2.45, 2.75) is 18.4 Å². The van der Waals surface area contributed by atoms with Crippen LogP contribution in [0.15, 0.2) is 73.3 Å². The normalized spacial score (nSPS) is 20.2. The van der Waals surface area contributed by atoms with E-state index in [-0.39, 0.29) is 12.7 Å². The molecule has 1 aliphatic heterocycles. The fourth-order valence-corrected chi connectivity index (χ4v) is 4.63. The van der Waals surface area contributed by atoms with Gasteiger partial charge in [-0.3, -0.25) is 4.79 Å². The number of hydrogen-bond donors (Lipinski definition) is 0. The molecule has 2 heterocycles. The molecule has 1 aliphatic rings. The molecule has 0 spiro atoms. The first-order chi connectivity index (χ1) is 16.1. The van der Waals surface area contributed by atoms with Crippen molar-refractivity contribution in [3.8, 4) is 5.75 Å². The standard InChI is InChI=1S/C25H20Cl2N2O4/c26-18-6-7-22(23(27)11-18)25(15-29-10-9-28-16-29)32-14-19(33-25)13-31-24-8-5-17(12-30)20-3-1-2-4-21(20)24/h1-12,16,19H,13-15H2/t19-,25-/m1/s1. The summed E-state index contributed by atoms with van der Waals surface area (Å²) in [4.78, 5) is 15.5. The number of imidazole rings is 1. The van der Waals surface area contributed by atoms with Gasteiger partial charge < -0.3 is 18.8 Å². The van der Waals surface area contributed by atoms with Gasteiger partial charge in [-0.15, -0.1) is 0 Å². The van der Waals surface area contributed by atoms with Crippen LogP contribution in [0.3, 0.4) is 0 Å². The molecule has 0 amide bonds. The van der Waals surface area contributed by atoms with Gasteiger partial charge in [0.2, 0.25) is 5.79 Å². The highest BCUT2D eigenvalue weighted by Gasteiger charge is 2.45. The highest BCUT2D eigenvalue weighted by atomic mass is 35.5. The lowest BCUT2D eigenvalue weighted by Gasteiger charge is -2.30. The summed E-state index contributed by atoms with van der Waals surface area (Å²) in [6, 6.07) is 16.5. The molecule has 1 aromatic heterocycles. The minimum atomic E-state index is -1.11. The van der Waals surface area contributed by atoms with E-state index in [9.17, 15) is 4.79 Å². The van der Waals surface area contributed by atoms with Crippen molar-refractivity contribution in [1.82, 2.24) is 9.55 Å². The zero-order valence-electron chi connectivity index (χ0n) is 17.5. The van der Waals surface area contributed by atoms with E-state index in [1.807, 2.05) is 41.1 Å². The van der Waals surface area contributed by atoms with Gasteiger partial charge in [-0.1, -0.05) is 53.5 Å². The van der Waals surface area contributed by atoms with Crippen LogP contribution in [0, 0.1) is 0 Å². The number of carbonyl (C=O) groups excluding carboxylic acids is 1. The molecule has 1 fully saturated rings. The predicted octanol–water partition coefficient (Wildman–Crippen LogP) is 5.50. The summed E-state index contributed by atoms with van der Waals surface area (Å²) in [6.07, 6.45) is 5.73. The molecule has 2 atom stereocenters. The summed E-state index contributed by atoms with van der Waals surface area (Å²) in [6.45, 7) is 0.946. The second-order valence-electron chi connectivity index (χ2n) is 7.79. The highest BCUT2D eigenvalue weighted by molar-refractivity contribution is 6.35. The van der Waals surface area contributed by atoms with E-state index in [2.05, 4.69) is 4.98 Å². The zero-order chi connectivity index (χ0) is 22.8. The van der Waals surface area contributed by atoms with Crippen molar-refractivity contribution < 1.29 is 19.0 Å². The Morgan fingerprint density at radius 2 is 2.00 bits per heavy atom. The molecule has 1 saturated heterocycles. The Morgan fingerprint density at radius 3 is 2.76 bits per heavy atom. The molecule has 4 aromatic rings. The quantitative estimate of drug-likeness (QED) is 0.325. The van der Waals surface area contributed by atoms with Gasteiger partial charge in [0.15, 0.2) is 6.29 Å². The number of ether oxygens (including phenoxy) is 3. The third-order valence-corrected chi connectivity index (χ3v) is 6.17. The Labute approximate surface area is 200 Å². The molecular formula is C25H20Cl2N2O4. The van der Waals surface area contributed by atoms with Crippen LogP contribution in [0.2, 0.25) is 10.0 Å². The first-order valence-electron chi connectivity index (χ1n) is 10.4. The second kappa shape index (κ2) is 9.15. The Morgan fingerprint density at radius 1 is 1.15 bits per heavy atom. The van der Waals surface area contributed by atoms with Gasteiger partial charge >= 0.3 is 0 Å². The van der Waals surface area contributed by atoms with Gasteiger partial charge in [-0.25, -0.2) is 4.98 Å². The molecular weight excluding hydrogens is 463 g/mol. The van der Waals surface area contributed by atoms with E-state index >= 15 is 0 Å². The number of rotatable bonds is 7. The minimum absolute atomic E-state index is 0.265. The Hall–Kier alpha value is -2.90. The van der Waals surface area contributed by atoms with Crippen molar-refractivity contribution in [2.24, 2.45) is 0 Å². The number of halogens is 2. The molecule has 5 rings (SSSR count). The fourth-order valence-electron chi connectivity index (χ4n) is 4.08. The maximum Gasteiger partial charge on any atom is 0.215 e. The molecule has 8 heteroatoms.